The van der Waals surface area contributed by atoms with Crippen molar-refractivity contribution in [1.29, 1.82) is 0 Å². The molecule has 1 aliphatic rings. The fourth-order valence-corrected chi connectivity index (χ4v) is 3.74. The molecule has 0 amide bonds. The Bertz CT molecular complexity index is 923. The van der Waals surface area contributed by atoms with Crippen LogP contribution in [0.15, 0.2) is 36.5 Å². The van der Waals surface area contributed by atoms with Crippen LogP contribution in [0.4, 0.5) is 0 Å². The molecule has 2 atom stereocenters. The maximum atomic E-state index is 11.0. The van der Waals surface area contributed by atoms with Gasteiger partial charge in [0.2, 0.25) is 0 Å². The highest BCUT2D eigenvalue weighted by Crippen LogP contribution is 2.47. The predicted octanol–water partition coefficient (Wildman–Crippen LogP) is 4.96. The summed E-state index contributed by atoms with van der Waals surface area (Å²) in [6.45, 7) is 6.49. The third-order valence-electron chi connectivity index (χ3n) is 5.07. The second kappa shape index (κ2) is 5.59. The minimum Gasteiger partial charge on any atom is -0.354 e. The van der Waals surface area contributed by atoms with Gasteiger partial charge in [-0.05, 0) is 60.6 Å². The number of carbonyl (C=O) groups excluding carboxylic acids is 1. The molecule has 1 saturated carbocycles. The largest absolute Gasteiger partial charge is 0.354 e. The topological polar surface area (TPSA) is 45.8 Å². The molecule has 3 aromatic rings. The number of H-pyrrole nitrogens is 1. The van der Waals surface area contributed by atoms with Crippen LogP contribution in [0.2, 0.25) is 0 Å². The number of aromatic amines is 1. The third-order valence-corrected chi connectivity index (χ3v) is 5.07. The van der Waals surface area contributed by atoms with Crippen molar-refractivity contribution in [3.8, 4) is 11.3 Å². The second-order valence-electron chi connectivity index (χ2n) is 7.20. The van der Waals surface area contributed by atoms with Gasteiger partial charge < -0.3 is 9.78 Å². The van der Waals surface area contributed by atoms with Gasteiger partial charge >= 0.3 is 0 Å². The van der Waals surface area contributed by atoms with E-state index in [1.807, 2.05) is 13.1 Å². The number of nitrogens with zero attached hydrogens (tertiary/aromatic N) is 1. The SMILES string of the molecule is Cc1cc(-c2[nH]c3ccc([C@H]4C[C@H]4C=O)cc3c2C(C)C)ccn1. The van der Waals surface area contributed by atoms with Crippen LogP contribution in [0.1, 0.15) is 48.9 Å². The zero-order valence-electron chi connectivity index (χ0n) is 14.3. The van der Waals surface area contributed by atoms with Crippen LogP contribution in [0.3, 0.4) is 0 Å². The Morgan fingerprint density at radius 1 is 1.25 bits per heavy atom. The Labute approximate surface area is 142 Å². The first-order valence-corrected chi connectivity index (χ1v) is 8.62. The number of carbonyl (C=O) groups is 1. The van der Waals surface area contributed by atoms with Crippen molar-refractivity contribution < 1.29 is 4.79 Å². The van der Waals surface area contributed by atoms with Gasteiger partial charge in [0.15, 0.2) is 0 Å². The Balaban J connectivity index is 1.89. The molecule has 2 aromatic heterocycles. The van der Waals surface area contributed by atoms with Gasteiger partial charge in [-0.25, -0.2) is 0 Å². The maximum Gasteiger partial charge on any atom is 0.123 e. The minimum absolute atomic E-state index is 0.214. The van der Waals surface area contributed by atoms with Crippen molar-refractivity contribution in [3.05, 3.63) is 53.3 Å². The van der Waals surface area contributed by atoms with Gasteiger partial charge in [-0.2, -0.15) is 0 Å². The average Bonchev–Trinajstić information content (AvgIpc) is 3.25. The highest BCUT2D eigenvalue weighted by atomic mass is 16.1. The van der Waals surface area contributed by atoms with Gasteiger partial charge in [-0.3, -0.25) is 4.98 Å². The number of rotatable bonds is 4. The monoisotopic (exact) mass is 318 g/mol. The van der Waals surface area contributed by atoms with E-state index in [4.69, 9.17) is 0 Å². The summed E-state index contributed by atoms with van der Waals surface area (Å²) in [5.74, 6) is 1.04. The molecule has 0 aliphatic heterocycles. The minimum atomic E-state index is 0.214. The van der Waals surface area contributed by atoms with Crippen molar-refractivity contribution in [2.45, 2.75) is 39.0 Å². The molecule has 122 valence electrons. The van der Waals surface area contributed by atoms with Crippen LogP contribution in [0.5, 0.6) is 0 Å². The van der Waals surface area contributed by atoms with E-state index in [1.165, 1.54) is 27.8 Å². The number of aromatic nitrogens is 2. The number of aldehydes is 1. The van der Waals surface area contributed by atoms with Crippen molar-refractivity contribution in [1.82, 2.24) is 9.97 Å². The lowest BCUT2D eigenvalue weighted by Gasteiger charge is -2.09. The molecule has 3 heteroatoms. The van der Waals surface area contributed by atoms with Crippen molar-refractivity contribution in [2.24, 2.45) is 5.92 Å². The first-order valence-electron chi connectivity index (χ1n) is 8.62. The molecule has 0 spiro atoms. The fourth-order valence-electron chi connectivity index (χ4n) is 3.74. The van der Waals surface area contributed by atoms with Crippen LogP contribution in [0.25, 0.3) is 22.2 Å². The number of benzene rings is 1. The van der Waals surface area contributed by atoms with Crippen molar-refractivity contribution >= 4 is 17.2 Å². The Morgan fingerprint density at radius 2 is 2.08 bits per heavy atom. The van der Waals surface area contributed by atoms with E-state index in [2.05, 4.69) is 54.1 Å². The number of nitrogens with one attached hydrogen (secondary N) is 1. The molecule has 24 heavy (non-hydrogen) atoms. The summed E-state index contributed by atoms with van der Waals surface area (Å²) in [5.41, 5.74) is 7.19. The second-order valence-corrected chi connectivity index (χ2v) is 7.20. The van der Waals surface area contributed by atoms with Crippen molar-refractivity contribution in [3.63, 3.8) is 0 Å². The van der Waals surface area contributed by atoms with Gasteiger partial charge in [-0.1, -0.05) is 19.9 Å². The Morgan fingerprint density at radius 3 is 2.75 bits per heavy atom. The first-order chi connectivity index (χ1) is 11.6. The van der Waals surface area contributed by atoms with Crippen LogP contribution in [-0.2, 0) is 4.79 Å². The lowest BCUT2D eigenvalue weighted by atomic mass is 9.95. The van der Waals surface area contributed by atoms with Gasteiger partial charge in [0.25, 0.3) is 0 Å². The third kappa shape index (κ3) is 2.44. The smallest absolute Gasteiger partial charge is 0.123 e. The lowest BCUT2D eigenvalue weighted by molar-refractivity contribution is -0.108. The molecule has 0 saturated heterocycles. The van der Waals surface area contributed by atoms with E-state index in [0.717, 1.165) is 23.9 Å². The van der Waals surface area contributed by atoms with Crippen molar-refractivity contribution in [2.75, 3.05) is 0 Å². The number of aryl methyl sites for hydroxylation is 1. The molecule has 1 aromatic carbocycles. The number of hydrogen-bond acceptors (Lipinski definition) is 2. The van der Waals surface area contributed by atoms with Gasteiger partial charge in [0.1, 0.15) is 6.29 Å². The molecule has 0 bridgehead atoms. The van der Waals surface area contributed by atoms with E-state index in [9.17, 15) is 4.79 Å². The van der Waals surface area contributed by atoms with Crippen LogP contribution in [0, 0.1) is 12.8 Å². The van der Waals surface area contributed by atoms with E-state index in [-0.39, 0.29) is 5.92 Å². The molecule has 1 N–H and O–H groups in total. The molecular formula is C21H22N2O. The fraction of sp³-hybridized carbons (Fsp3) is 0.333. The average molecular weight is 318 g/mol. The normalized spacial score (nSPS) is 19.8. The van der Waals surface area contributed by atoms with E-state index in [1.54, 1.807) is 0 Å². The summed E-state index contributed by atoms with van der Waals surface area (Å²) < 4.78 is 0. The lowest BCUT2D eigenvalue weighted by Crippen LogP contribution is -1.92. The molecular weight excluding hydrogens is 296 g/mol. The van der Waals surface area contributed by atoms with Gasteiger partial charge in [0, 0.05) is 34.3 Å². The van der Waals surface area contributed by atoms with E-state index in [0.29, 0.717) is 11.8 Å². The molecule has 1 fully saturated rings. The molecule has 2 heterocycles. The van der Waals surface area contributed by atoms with Crippen LogP contribution < -0.4 is 0 Å². The van der Waals surface area contributed by atoms with Crippen LogP contribution >= 0.6 is 0 Å². The van der Waals surface area contributed by atoms with E-state index < -0.39 is 0 Å². The zero-order chi connectivity index (χ0) is 16.8. The summed E-state index contributed by atoms with van der Waals surface area (Å²) in [6.07, 6.45) is 3.96. The Hall–Kier alpha value is -2.42. The zero-order valence-corrected chi connectivity index (χ0v) is 14.3. The van der Waals surface area contributed by atoms with Crippen LogP contribution in [-0.4, -0.2) is 16.3 Å². The number of pyridine rings is 1. The maximum absolute atomic E-state index is 11.0. The Kier molecular flexibility index (Phi) is 3.52. The summed E-state index contributed by atoms with van der Waals surface area (Å²) in [5, 5.41) is 1.28. The molecule has 1 aliphatic carbocycles. The molecule has 4 rings (SSSR count). The molecule has 0 radical (unpaired) electrons. The summed E-state index contributed by atoms with van der Waals surface area (Å²) in [7, 11) is 0. The number of fused-ring (bicyclic) bond motifs is 1. The number of hydrogen-bond donors (Lipinski definition) is 1. The highest BCUT2D eigenvalue weighted by molar-refractivity contribution is 5.92. The predicted molar refractivity (Wildman–Crippen MR) is 97.3 cm³/mol. The van der Waals surface area contributed by atoms with Gasteiger partial charge in [0.05, 0.1) is 5.69 Å². The standard InChI is InChI=1S/C21H22N2O/c1-12(2)20-18-9-14(17-10-16(17)11-24)4-5-19(18)23-21(20)15-6-7-22-13(3)8-15/h4-9,11-12,16-17,23H,10H2,1-3H3/t16-,17+/m0/s1. The first kappa shape index (κ1) is 15.1. The summed E-state index contributed by atoms with van der Waals surface area (Å²) in [4.78, 5) is 18.9. The van der Waals surface area contributed by atoms with E-state index >= 15 is 0 Å². The van der Waals surface area contributed by atoms with Gasteiger partial charge in [-0.15, -0.1) is 0 Å². The summed E-state index contributed by atoms with van der Waals surface area (Å²) in [6, 6.07) is 10.8. The highest BCUT2D eigenvalue weighted by Gasteiger charge is 2.38. The molecule has 0 unspecified atom stereocenters. The summed E-state index contributed by atoms with van der Waals surface area (Å²) >= 11 is 0. The quantitative estimate of drug-likeness (QED) is 0.691. The molecule has 3 nitrogen and oxygen atoms in total.